The number of hydrogen-bond donors (Lipinski definition) is 1. The standard InChI is InChI=1S/C15H26BrN3O/c1-5-8-19-11-13(16)9-14(19)15(20)17-12(4)10-18(6-2)7-3/h9,11-12H,5-8,10H2,1-4H3,(H,17,20). The van der Waals surface area contributed by atoms with Crippen LogP contribution in [0.4, 0.5) is 0 Å². The molecule has 0 aliphatic rings. The molecule has 20 heavy (non-hydrogen) atoms. The number of likely N-dealkylation sites (N-methyl/N-ethyl adjacent to an activating group) is 1. The summed E-state index contributed by atoms with van der Waals surface area (Å²) >= 11 is 3.44. The van der Waals surface area contributed by atoms with E-state index in [0.29, 0.717) is 0 Å². The summed E-state index contributed by atoms with van der Waals surface area (Å²) in [6.45, 7) is 12.2. The van der Waals surface area contributed by atoms with Crippen molar-refractivity contribution >= 4 is 21.8 Å². The maximum Gasteiger partial charge on any atom is 0.268 e. The van der Waals surface area contributed by atoms with Gasteiger partial charge < -0.3 is 14.8 Å². The van der Waals surface area contributed by atoms with Crippen LogP contribution in [-0.4, -0.2) is 41.1 Å². The van der Waals surface area contributed by atoms with Crippen molar-refractivity contribution < 1.29 is 4.79 Å². The van der Waals surface area contributed by atoms with Crippen LogP contribution >= 0.6 is 15.9 Å². The molecule has 0 spiro atoms. The first-order chi connectivity index (χ1) is 9.51. The van der Waals surface area contributed by atoms with Gasteiger partial charge >= 0.3 is 0 Å². The molecule has 1 unspecified atom stereocenters. The van der Waals surface area contributed by atoms with Gasteiger partial charge in [-0.1, -0.05) is 20.8 Å². The second-order valence-electron chi connectivity index (χ2n) is 5.10. The van der Waals surface area contributed by atoms with E-state index < -0.39 is 0 Å². The van der Waals surface area contributed by atoms with Gasteiger partial charge in [-0.3, -0.25) is 4.79 Å². The molecule has 1 rings (SSSR count). The van der Waals surface area contributed by atoms with E-state index in [4.69, 9.17) is 0 Å². The number of carbonyl (C=O) groups is 1. The molecule has 0 aromatic carbocycles. The Kier molecular flexibility index (Phi) is 7.30. The fourth-order valence-electron chi connectivity index (χ4n) is 2.30. The van der Waals surface area contributed by atoms with Crippen molar-refractivity contribution in [2.75, 3.05) is 19.6 Å². The third kappa shape index (κ3) is 4.94. The summed E-state index contributed by atoms with van der Waals surface area (Å²) in [7, 11) is 0. The Bertz CT molecular complexity index is 427. The monoisotopic (exact) mass is 343 g/mol. The Hall–Kier alpha value is -0.810. The predicted molar refractivity (Wildman–Crippen MR) is 87.1 cm³/mol. The number of aromatic nitrogens is 1. The van der Waals surface area contributed by atoms with Crippen molar-refractivity contribution in [1.82, 2.24) is 14.8 Å². The van der Waals surface area contributed by atoms with Gasteiger partial charge in [-0.15, -0.1) is 0 Å². The molecule has 0 aliphatic heterocycles. The molecule has 0 fully saturated rings. The zero-order valence-electron chi connectivity index (χ0n) is 12.9. The summed E-state index contributed by atoms with van der Waals surface area (Å²) < 4.78 is 2.95. The molecule has 1 aromatic heterocycles. The summed E-state index contributed by atoms with van der Waals surface area (Å²) in [5, 5.41) is 3.09. The molecule has 1 aromatic rings. The molecule has 1 amide bonds. The van der Waals surface area contributed by atoms with E-state index in [0.717, 1.165) is 42.8 Å². The van der Waals surface area contributed by atoms with Crippen LogP contribution in [0.3, 0.4) is 0 Å². The number of aryl methyl sites for hydroxylation is 1. The van der Waals surface area contributed by atoms with Gasteiger partial charge in [0.15, 0.2) is 0 Å². The molecule has 0 saturated carbocycles. The summed E-state index contributed by atoms with van der Waals surface area (Å²) in [4.78, 5) is 14.7. The molecule has 114 valence electrons. The largest absolute Gasteiger partial charge is 0.347 e. The van der Waals surface area contributed by atoms with Crippen LogP contribution in [-0.2, 0) is 6.54 Å². The van der Waals surface area contributed by atoms with Crippen LogP contribution in [0.5, 0.6) is 0 Å². The predicted octanol–water partition coefficient (Wildman–Crippen LogP) is 3.12. The minimum absolute atomic E-state index is 0.00352. The van der Waals surface area contributed by atoms with E-state index in [1.54, 1.807) is 0 Å². The van der Waals surface area contributed by atoms with Crippen LogP contribution < -0.4 is 5.32 Å². The molecular formula is C15H26BrN3O. The van der Waals surface area contributed by atoms with Gasteiger partial charge in [-0.05, 0) is 48.4 Å². The molecule has 0 radical (unpaired) electrons. The number of nitrogens with zero attached hydrogens (tertiary/aromatic N) is 2. The maximum absolute atomic E-state index is 12.4. The summed E-state index contributed by atoms with van der Waals surface area (Å²) in [6, 6.07) is 2.03. The average Bonchev–Trinajstić information content (AvgIpc) is 2.77. The number of rotatable bonds is 8. The van der Waals surface area contributed by atoms with Gasteiger partial charge in [-0.2, -0.15) is 0 Å². The smallest absolute Gasteiger partial charge is 0.268 e. The molecular weight excluding hydrogens is 318 g/mol. The van der Waals surface area contributed by atoms with Crippen LogP contribution in [0.1, 0.15) is 44.6 Å². The van der Waals surface area contributed by atoms with E-state index in [1.165, 1.54) is 0 Å². The van der Waals surface area contributed by atoms with Crippen LogP contribution in [0.15, 0.2) is 16.7 Å². The van der Waals surface area contributed by atoms with Crippen molar-refractivity contribution in [2.45, 2.75) is 46.7 Å². The van der Waals surface area contributed by atoms with Crippen molar-refractivity contribution in [3.05, 3.63) is 22.4 Å². The number of nitrogens with one attached hydrogen (secondary N) is 1. The molecule has 5 heteroatoms. The van der Waals surface area contributed by atoms with Gasteiger partial charge in [0.1, 0.15) is 5.69 Å². The van der Waals surface area contributed by atoms with Gasteiger partial charge in [0.2, 0.25) is 0 Å². The van der Waals surface area contributed by atoms with Crippen molar-refractivity contribution in [2.24, 2.45) is 0 Å². The molecule has 1 N–H and O–H groups in total. The number of carbonyl (C=O) groups excluding carboxylic acids is 1. The first-order valence-corrected chi connectivity index (χ1v) is 8.19. The topological polar surface area (TPSA) is 37.3 Å². The van der Waals surface area contributed by atoms with E-state index in [-0.39, 0.29) is 11.9 Å². The summed E-state index contributed by atoms with van der Waals surface area (Å²) in [6.07, 6.45) is 2.98. The number of amides is 1. The van der Waals surface area contributed by atoms with Gasteiger partial charge in [-0.25, -0.2) is 0 Å². The zero-order valence-corrected chi connectivity index (χ0v) is 14.5. The lowest BCUT2D eigenvalue weighted by Gasteiger charge is -2.23. The van der Waals surface area contributed by atoms with Gasteiger partial charge in [0, 0.05) is 29.8 Å². The van der Waals surface area contributed by atoms with Crippen molar-refractivity contribution in [3.63, 3.8) is 0 Å². The molecule has 0 aliphatic carbocycles. The maximum atomic E-state index is 12.4. The quantitative estimate of drug-likeness (QED) is 0.787. The lowest BCUT2D eigenvalue weighted by atomic mass is 10.2. The first-order valence-electron chi connectivity index (χ1n) is 7.40. The Morgan fingerprint density at radius 1 is 1.40 bits per heavy atom. The van der Waals surface area contributed by atoms with Crippen LogP contribution in [0.2, 0.25) is 0 Å². The van der Waals surface area contributed by atoms with Crippen LogP contribution in [0, 0.1) is 0 Å². The summed E-state index contributed by atoms with van der Waals surface area (Å²) in [5.74, 6) is 0.00352. The highest BCUT2D eigenvalue weighted by Gasteiger charge is 2.16. The van der Waals surface area contributed by atoms with E-state index in [9.17, 15) is 4.79 Å². The second kappa shape index (κ2) is 8.47. The van der Waals surface area contributed by atoms with E-state index >= 15 is 0 Å². The lowest BCUT2D eigenvalue weighted by molar-refractivity contribution is 0.0921. The summed E-state index contributed by atoms with van der Waals surface area (Å²) in [5.41, 5.74) is 0.727. The number of halogens is 1. The van der Waals surface area contributed by atoms with Gasteiger partial charge in [0.25, 0.3) is 5.91 Å². The van der Waals surface area contributed by atoms with E-state index in [2.05, 4.69) is 53.8 Å². The van der Waals surface area contributed by atoms with E-state index in [1.807, 2.05) is 16.8 Å². The molecule has 4 nitrogen and oxygen atoms in total. The van der Waals surface area contributed by atoms with Crippen molar-refractivity contribution in [1.29, 1.82) is 0 Å². The fourth-order valence-corrected chi connectivity index (χ4v) is 2.77. The number of hydrogen-bond acceptors (Lipinski definition) is 2. The third-order valence-electron chi connectivity index (χ3n) is 3.36. The SMILES string of the molecule is CCCn1cc(Br)cc1C(=O)NC(C)CN(CC)CC. The third-order valence-corrected chi connectivity index (χ3v) is 3.80. The molecule has 0 bridgehead atoms. The second-order valence-corrected chi connectivity index (χ2v) is 6.01. The van der Waals surface area contributed by atoms with Crippen LogP contribution in [0.25, 0.3) is 0 Å². The fraction of sp³-hybridized carbons (Fsp3) is 0.667. The highest BCUT2D eigenvalue weighted by Crippen LogP contribution is 2.15. The molecule has 1 heterocycles. The Labute approximate surface area is 130 Å². The zero-order chi connectivity index (χ0) is 15.1. The van der Waals surface area contributed by atoms with Crippen molar-refractivity contribution in [3.8, 4) is 0 Å². The normalized spacial score (nSPS) is 12.7. The first kappa shape index (κ1) is 17.2. The average molecular weight is 344 g/mol. The minimum Gasteiger partial charge on any atom is -0.347 e. The van der Waals surface area contributed by atoms with Gasteiger partial charge in [0.05, 0.1) is 0 Å². The lowest BCUT2D eigenvalue weighted by Crippen LogP contribution is -2.42. The molecule has 0 saturated heterocycles. The highest BCUT2D eigenvalue weighted by molar-refractivity contribution is 9.10. The highest BCUT2D eigenvalue weighted by atomic mass is 79.9. The molecule has 1 atom stereocenters. The Morgan fingerprint density at radius 3 is 2.60 bits per heavy atom. The Morgan fingerprint density at radius 2 is 2.05 bits per heavy atom. The Balaban J connectivity index is 2.66. The minimum atomic E-state index is 0.00352.